The molecule has 0 spiro atoms. The lowest BCUT2D eigenvalue weighted by atomic mass is 10.2. The maximum Gasteiger partial charge on any atom is 0.232 e. The lowest BCUT2D eigenvalue weighted by molar-refractivity contribution is -0.115. The van der Waals surface area contributed by atoms with E-state index in [1.165, 1.54) is 22.7 Å². The molecule has 2 aromatic heterocycles. The molecule has 106 valence electrons. The Bertz CT molecular complexity index is 755. The van der Waals surface area contributed by atoms with Crippen LogP contribution < -0.4 is 5.32 Å². The monoisotopic (exact) mass is 379 g/mol. The second-order valence-corrected chi connectivity index (χ2v) is 6.88. The van der Waals surface area contributed by atoms with E-state index in [1.54, 1.807) is 6.20 Å². The summed E-state index contributed by atoms with van der Waals surface area (Å²) >= 11 is 6.38. The Morgan fingerprint density at radius 2 is 2.24 bits per heavy atom. The molecule has 1 aromatic carbocycles. The summed E-state index contributed by atoms with van der Waals surface area (Å²) < 4.78 is 1.01. The van der Waals surface area contributed by atoms with Crippen LogP contribution in [-0.4, -0.2) is 15.9 Å². The van der Waals surface area contributed by atoms with Gasteiger partial charge in [0.2, 0.25) is 5.91 Å². The second kappa shape index (κ2) is 6.46. The van der Waals surface area contributed by atoms with Gasteiger partial charge in [-0.15, -0.1) is 22.7 Å². The zero-order valence-electron chi connectivity index (χ0n) is 10.7. The Morgan fingerprint density at radius 1 is 1.33 bits per heavy atom. The highest BCUT2D eigenvalue weighted by molar-refractivity contribution is 9.10. The van der Waals surface area contributed by atoms with Crippen molar-refractivity contribution < 1.29 is 4.79 Å². The molecule has 1 N–H and O–H groups in total. The van der Waals surface area contributed by atoms with Gasteiger partial charge in [-0.1, -0.05) is 28.1 Å². The van der Waals surface area contributed by atoms with Gasteiger partial charge in [0.1, 0.15) is 5.01 Å². The van der Waals surface area contributed by atoms with E-state index in [0.717, 1.165) is 20.7 Å². The third-order valence-electron chi connectivity index (χ3n) is 2.64. The van der Waals surface area contributed by atoms with Crippen LogP contribution in [-0.2, 0) is 11.2 Å². The van der Waals surface area contributed by atoms with Crippen molar-refractivity contribution in [1.29, 1.82) is 0 Å². The summed E-state index contributed by atoms with van der Waals surface area (Å²) in [6.07, 6.45) is 1.92. The van der Waals surface area contributed by atoms with Gasteiger partial charge in [0.05, 0.1) is 12.1 Å². The molecule has 21 heavy (non-hydrogen) atoms. The van der Waals surface area contributed by atoms with E-state index in [9.17, 15) is 4.79 Å². The van der Waals surface area contributed by atoms with Crippen LogP contribution in [0.4, 0.5) is 5.13 Å². The van der Waals surface area contributed by atoms with Crippen molar-refractivity contribution >= 4 is 49.6 Å². The largest absolute Gasteiger partial charge is 0.302 e. The number of benzene rings is 1. The number of halogens is 1. The number of nitrogens with zero attached hydrogens (tertiary/aromatic N) is 2. The summed E-state index contributed by atoms with van der Waals surface area (Å²) in [4.78, 5) is 20.4. The summed E-state index contributed by atoms with van der Waals surface area (Å²) in [6.45, 7) is 0. The molecule has 0 aliphatic rings. The molecule has 0 aliphatic heterocycles. The van der Waals surface area contributed by atoms with Crippen LogP contribution in [0.2, 0.25) is 0 Å². The van der Waals surface area contributed by atoms with Crippen LogP contribution in [0.25, 0.3) is 10.6 Å². The number of hydrogen-bond acceptors (Lipinski definition) is 5. The Labute approximate surface area is 138 Å². The second-order valence-electron chi connectivity index (χ2n) is 4.22. The molecule has 4 nitrogen and oxygen atoms in total. The van der Waals surface area contributed by atoms with Crippen molar-refractivity contribution in [3.8, 4) is 10.6 Å². The standard InChI is InChI=1S/C14H10BrN3OS2/c15-10-3-1-2-9(6-10)13-17-11(8-21-13)7-12(19)18-14-16-4-5-20-14/h1-6,8H,7H2,(H,16,18,19). The van der Waals surface area contributed by atoms with Gasteiger partial charge in [0.15, 0.2) is 5.13 Å². The van der Waals surface area contributed by atoms with Crippen molar-refractivity contribution in [3.63, 3.8) is 0 Å². The van der Waals surface area contributed by atoms with Crippen LogP contribution in [0, 0.1) is 0 Å². The molecule has 0 saturated carbocycles. The SMILES string of the molecule is O=C(Cc1csc(-c2cccc(Br)c2)n1)Nc1nccs1. The fourth-order valence-corrected chi connectivity index (χ4v) is 3.52. The minimum absolute atomic E-state index is 0.101. The van der Waals surface area contributed by atoms with Crippen molar-refractivity contribution in [3.05, 3.63) is 51.4 Å². The highest BCUT2D eigenvalue weighted by atomic mass is 79.9. The number of carbonyl (C=O) groups is 1. The molecule has 0 bridgehead atoms. The number of rotatable bonds is 4. The fraction of sp³-hybridized carbons (Fsp3) is 0.0714. The van der Waals surface area contributed by atoms with Gasteiger partial charge in [0.25, 0.3) is 0 Å². The normalized spacial score (nSPS) is 10.5. The molecule has 7 heteroatoms. The lowest BCUT2D eigenvalue weighted by Gasteiger charge is -1.99. The lowest BCUT2D eigenvalue weighted by Crippen LogP contribution is -2.14. The number of carbonyl (C=O) groups excluding carboxylic acids is 1. The zero-order valence-corrected chi connectivity index (χ0v) is 14.0. The molecule has 0 aliphatic carbocycles. The Hall–Kier alpha value is -1.57. The van der Waals surface area contributed by atoms with E-state index < -0.39 is 0 Å². The maximum absolute atomic E-state index is 11.9. The molecular formula is C14H10BrN3OS2. The quantitative estimate of drug-likeness (QED) is 0.738. The van der Waals surface area contributed by atoms with E-state index in [-0.39, 0.29) is 12.3 Å². The zero-order chi connectivity index (χ0) is 14.7. The minimum Gasteiger partial charge on any atom is -0.302 e. The van der Waals surface area contributed by atoms with E-state index in [4.69, 9.17) is 0 Å². The molecule has 0 unspecified atom stereocenters. The summed E-state index contributed by atoms with van der Waals surface area (Å²) in [5.74, 6) is -0.101. The molecule has 0 atom stereocenters. The van der Waals surface area contributed by atoms with Gasteiger partial charge in [-0.3, -0.25) is 4.79 Å². The van der Waals surface area contributed by atoms with E-state index in [2.05, 4.69) is 31.2 Å². The predicted molar refractivity (Wildman–Crippen MR) is 89.7 cm³/mol. The third-order valence-corrected chi connectivity index (χ3v) is 4.77. The van der Waals surface area contributed by atoms with Crippen molar-refractivity contribution in [1.82, 2.24) is 9.97 Å². The van der Waals surface area contributed by atoms with Gasteiger partial charge >= 0.3 is 0 Å². The highest BCUT2D eigenvalue weighted by Crippen LogP contribution is 2.26. The number of nitrogens with one attached hydrogen (secondary N) is 1. The van der Waals surface area contributed by atoms with Crippen LogP contribution in [0.3, 0.4) is 0 Å². The number of aromatic nitrogens is 2. The highest BCUT2D eigenvalue weighted by Gasteiger charge is 2.10. The average Bonchev–Trinajstić information content (AvgIpc) is 3.10. The molecule has 0 radical (unpaired) electrons. The molecule has 3 aromatic rings. The number of amides is 1. The first-order chi connectivity index (χ1) is 10.2. The van der Waals surface area contributed by atoms with Crippen LogP contribution in [0.5, 0.6) is 0 Å². The van der Waals surface area contributed by atoms with Crippen LogP contribution in [0.1, 0.15) is 5.69 Å². The first-order valence-corrected chi connectivity index (χ1v) is 8.65. The van der Waals surface area contributed by atoms with Gasteiger partial charge in [-0.2, -0.15) is 0 Å². The summed E-state index contributed by atoms with van der Waals surface area (Å²) in [5, 5.41) is 8.02. The fourth-order valence-electron chi connectivity index (χ4n) is 1.76. The van der Waals surface area contributed by atoms with Crippen molar-refractivity contribution in [2.24, 2.45) is 0 Å². The third kappa shape index (κ3) is 3.75. The van der Waals surface area contributed by atoms with Crippen LogP contribution in [0.15, 0.2) is 45.7 Å². The van der Waals surface area contributed by atoms with E-state index in [0.29, 0.717) is 5.13 Å². The van der Waals surface area contributed by atoms with Gasteiger partial charge in [-0.25, -0.2) is 9.97 Å². The number of hydrogen-bond donors (Lipinski definition) is 1. The molecule has 3 rings (SSSR count). The Kier molecular flexibility index (Phi) is 4.42. The van der Waals surface area contributed by atoms with Gasteiger partial charge in [-0.05, 0) is 12.1 Å². The van der Waals surface area contributed by atoms with Gasteiger partial charge in [0, 0.05) is 27.0 Å². The summed E-state index contributed by atoms with van der Waals surface area (Å²) in [5.41, 5.74) is 1.81. The first-order valence-electron chi connectivity index (χ1n) is 6.10. The smallest absolute Gasteiger partial charge is 0.232 e. The van der Waals surface area contributed by atoms with Crippen LogP contribution >= 0.6 is 38.6 Å². The number of thiazole rings is 2. The van der Waals surface area contributed by atoms with Crippen molar-refractivity contribution in [2.75, 3.05) is 5.32 Å². The molecular weight excluding hydrogens is 370 g/mol. The van der Waals surface area contributed by atoms with E-state index >= 15 is 0 Å². The number of anilines is 1. The first kappa shape index (κ1) is 14.4. The maximum atomic E-state index is 11.9. The topological polar surface area (TPSA) is 54.9 Å². The summed E-state index contributed by atoms with van der Waals surface area (Å²) in [7, 11) is 0. The predicted octanol–water partition coefficient (Wildman–Crippen LogP) is 4.21. The van der Waals surface area contributed by atoms with Gasteiger partial charge < -0.3 is 5.32 Å². The summed E-state index contributed by atoms with van der Waals surface area (Å²) in [6, 6.07) is 7.95. The minimum atomic E-state index is -0.101. The molecule has 0 fully saturated rings. The molecule has 0 saturated heterocycles. The van der Waals surface area contributed by atoms with E-state index in [1.807, 2.05) is 35.0 Å². The Morgan fingerprint density at radius 3 is 3.00 bits per heavy atom. The Balaban J connectivity index is 1.69. The van der Waals surface area contributed by atoms with Crippen molar-refractivity contribution in [2.45, 2.75) is 6.42 Å². The molecule has 2 heterocycles. The molecule has 1 amide bonds. The average molecular weight is 380 g/mol.